The first-order chi connectivity index (χ1) is 47.3. The van der Waals surface area contributed by atoms with Gasteiger partial charge in [-0.2, -0.15) is 0 Å². The molecule has 9 N–H and O–H groups in total. The lowest BCUT2D eigenvalue weighted by Crippen LogP contribution is -2.63. The highest BCUT2D eigenvalue weighted by Crippen LogP contribution is 2.66. The molecule has 0 aromatic carbocycles. The second-order valence-corrected chi connectivity index (χ2v) is 33.1. The van der Waals surface area contributed by atoms with Crippen molar-refractivity contribution >= 4 is 64.9 Å². The average molecular weight is 1390 g/mol. The number of nitrogens with one attached hydrogen (secondary N) is 8. The Bertz CT molecular complexity index is 3280. The van der Waals surface area contributed by atoms with Crippen LogP contribution in [0.25, 0.3) is 0 Å². The van der Waals surface area contributed by atoms with Crippen molar-refractivity contribution in [3.8, 4) is 0 Å². The van der Waals surface area contributed by atoms with E-state index in [0.717, 1.165) is 103 Å². The van der Waals surface area contributed by atoms with Crippen LogP contribution < -0.4 is 42.5 Å². The maximum absolute atomic E-state index is 14.6. The largest absolute Gasteiger partial charge is 0.381 e. The molecule has 100 heavy (non-hydrogen) atoms. The van der Waals surface area contributed by atoms with Crippen LogP contribution in [0.4, 0.5) is 0 Å². The fraction of sp³-hybridized carbons (Fsp3) is 0.743. The molecule has 2 aliphatic heterocycles. The number of carbonyl (C=O) groups is 11. The fourth-order valence-corrected chi connectivity index (χ4v) is 16.0. The van der Waals surface area contributed by atoms with Gasteiger partial charge in [-0.1, -0.05) is 147 Å². The van der Waals surface area contributed by atoms with Crippen molar-refractivity contribution < 1.29 is 57.8 Å². The van der Waals surface area contributed by atoms with Crippen LogP contribution in [0, 0.1) is 57.2 Å². The number of ketones is 1. The van der Waals surface area contributed by atoms with Crippen LogP contribution in [-0.4, -0.2) is 179 Å². The van der Waals surface area contributed by atoms with Crippen LogP contribution in [-0.2, 0) is 43.2 Å². The minimum atomic E-state index is -1.41. The summed E-state index contributed by atoms with van der Waals surface area (Å²) < 4.78 is 0. The van der Waals surface area contributed by atoms with E-state index in [1.165, 1.54) is 37.2 Å². The number of nitrogens with zero attached hydrogens (tertiary/aromatic N) is 6. The Balaban J connectivity index is 0.000000233. The summed E-state index contributed by atoms with van der Waals surface area (Å²) in [6, 6.07) is -7.17. The maximum atomic E-state index is 14.6. The Morgan fingerprint density at radius 3 is 1.32 bits per heavy atom. The molecule has 0 spiro atoms. The van der Waals surface area contributed by atoms with Gasteiger partial charge in [0.15, 0.2) is 6.10 Å². The normalized spacial score (nSPS) is 25.0. The van der Waals surface area contributed by atoms with Gasteiger partial charge in [0.05, 0.1) is 24.5 Å². The van der Waals surface area contributed by atoms with Crippen molar-refractivity contribution in [3.05, 3.63) is 48.6 Å². The smallest absolute Gasteiger partial charge is 0.289 e. The molecule has 2 aromatic heterocycles. The Hall–Kier alpha value is -7.51. The number of fused-ring (bicyclic) bond motifs is 2. The summed E-state index contributed by atoms with van der Waals surface area (Å²) in [7, 11) is 0. The topological polar surface area (TPSA) is 362 Å². The first-order valence-electron chi connectivity index (χ1n) is 37.1. The predicted octanol–water partition coefficient (Wildman–Crippen LogP) is 5.18. The van der Waals surface area contributed by atoms with Crippen molar-refractivity contribution in [2.75, 3.05) is 13.1 Å². The van der Waals surface area contributed by atoms with Gasteiger partial charge in [0.2, 0.25) is 41.2 Å². The highest BCUT2D eigenvalue weighted by molar-refractivity contribution is 6.38. The van der Waals surface area contributed by atoms with Gasteiger partial charge in [0.1, 0.15) is 47.6 Å². The molecule has 13 atom stereocenters. The number of rotatable bonds is 28. The second kappa shape index (κ2) is 32.2. The number of piperidine rings is 2. The average Bonchev–Trinajstić information content (AvgIpc) is 1.53. The molecule has 0 bridgehead atoms. The molecular formula is C74H112N14O12. The summed E-state index contributed by atoms with van der Waals surface area (Å²) in [6.45, 7) is 24.2. The molecule has 2 aromatic rings. The molecule has 550 valence electrons. The van der Waals surface area contributed by atoms with Gasteiger partial charge in [0, 0.05) is 50.0 Å². The molecule has 4 heterocycles. The Morgan fingerprint density at radius 1 is 0.520 bits per heavy atom. The molecule has 8 fully saturated rings. The molecule has 26 heteroatoms. The molecule has 3 unspecified atom stereocenters. The van der Waals surface area contributed by atoms with E-state index >= 15 is 0 Å². The quantitative estimate of drug-likeness (QED) is 0.0496. The van der Waals surface area contributed by atoms with E-state index in [1.807, 2.05) is 55.4 Å². The zero-order valence-electron chi connectivity index (χ0n) is 61.0. The number of Topliss-reactive ketones (excluding diaryl/α,β-unsaturated/α-hetero) is 1. The number of aromatic nitrogens is 4. The first kappa shape index (κ1) is 76.7. The highest BCUT2D eigenvalue weighted by atomic mass is 16.3. The van der Waals surface area contributed by atoms with Crippen molar-refractivity contribution in [2.45, 2.75) is 278 Å². The number of likely N-dealkylation sites (tertiary alicyclic amines) is 2. The summed E-state index contributed by atoms with van der Waals surface area (Å²) in [6.07, 6.45) is 23.1. The number of amides is 10. The van der Waals surface area contributed by atoms with Crippen LogP contribution in [0.3, 0.4) is 0 Å². The third kappa shape index (κ3) is 18.4. The van der Waals surface area contributed by atoms with E-state index in [-0.39, 0.29) is 81.6 Å². The van der Waals surface area contributed by atoms with Crippen LogP contribution in [0.15, 0.2) is 37.2 Å². The number of aliphatic hydroxyl groups excluding tert-OH is 1. The fourth-order valence-electron chi connectivity index (χ4n) is 16.0. The monoisotopic (exact) mass is 1390 g/mol. The molecule has 6 saturated carbocycles. The molecule has 26 nitrogen and oxygen atoms in total. The van der Waals surface area contributed by atoms with Gasteiger partial charge in [-0.15, -0.1) is 0 Å². The van der Waals surface area contributed by atoms with Crippen LogP contribution >= 0.6 is 0 Å². The Morgan fingerprint density at radius 2 is 0.930 bits per heavy atom. The van der Waals surface area contributed by atoms with Crippen molar-refractivity contribution in [1.29, 1.82) is 0 Å². The minimum absolute atomic E-state index is 0.00697. The summed E-state index contributed by atoms with van der Waals surface area (Å²) in [5.74, 6) is -5.68. The number of hydrogen-bond acceptors (Lipinski definition) is 16. The van der Waals surface area contributed by atoms with Gasteiger partial charge in [-0.25, -0.2) is 9.97 Å². The first-order valence-corrected chi connectivity index (χ1v) is 37.1. The van der Waals surface area contributed by atoms with E-state index in [1.54, 1.807) is 9.80 Å². The third-order valence-electron chi connectivity index (χ3n) is 22.7. The number of carbonyl (C=O) groups excluding carboxylic acids is 11. The van der Waals surface area contributed by atoms with Crippen LogP contribution in [0.2, 0.25) is 0 Å². The van der Waals surface area contributed by atoms with Crippen molar-refractivity contribution in [3.63, 3.8) is 0 Å². The number of unbranched alkanes of at least 4 members (excludes halogenated alkanes) is 2. The Labute approximate surface area is 589 Å². The van der Waals surface area contributed by atoms with Gasteiger partial charge < -0.3 is 57.4 Å². The molecule has 0 radical (unpaired) electrons. The van der Waals surface area contributed by atoms with E-state index in [9.17, 15) is 57.8 Å². The van der Waals surface area contributed by atoms with Gasteiger partial charge in [0.25, 0.3) is 23.6 Å². The van der Waals surface area contributed by atoms with Gasteiger partial charge in [-0.05, 0) is 121 Å². The summed E-state index contributed by atoms with van der Waals surface area (Å²) in [5, 5.41) is 34.2. The van der Waals surface area contributed by atoms with Crippen LogP contribution in [0.5, 0.6) is 0 Å². The van der Waals surface area contributed by atoms with Crippen molar-refractivity contribution in [2.24, 2.45) is 57.2 Å². The lowest BCUT2D eigenvalue weighted by atomic mass is 9.82. The second-order valence-electron chi connectivity index (χ2n) is 33.1. The molecule has 10 rings (SSSR count). The molecule has 2 saturated heterocycles. The molecule has 6 aliphatic carbocycles. The van der Waals surface area contributed by atoms with Crippen LogP contribution in [0.1, 0.15) is 232 Å². The summed E-state index contributed by atoms with van der Waals surface area (Å²) >= 11 is 0. The zero-order chi connectivity index (χ0) is 72.8. The molecule has 8 aliphatic rings. The van der Waals surface area contributed by atoms with E-state index in [2.05, 4.69) is 90.2 Å². The lowest BCUT2D eigenvalue weighted by Gasteiger charge is -2.39. The van der Waals surface area contributed by atoms with Crippen molar-refractivity contribution in [1.82, 2.24) is 72.3 Å². The standard InChI is InChI=1S/C37H57N7O6.C37H55N7O6/c2*1-7-8-14-24(29(45)34(49)40-22-15-16-22)41-33(48)28-26-23(37(26,5)6)20-44(28)35(50)30(36(2,3)4)43-32(47)27(21-12-10-9-11-13-21)42-31(46)25-19-38-17-18-39-25/h17-19,21-24,26-30,45H,7-16,20H2,1-6H3,(H,40,49)(H,41,48)(H,42,46)(H,43,47);17-19,21-24,26-28,30H,7-16,20H2,1-6H3,(H,40,49)(H,41,48)(H,42,46)(H,43,47)/t23-,24?,26-,27-,28-,29?,30+;23-,24?,26-,27-,28-,30+/m00/s1. The minimum Gasteiger partial charge on any atom is -0.381 e. The van der Waals surface area contributed by atoms with Gasteiger partial charge in [-0.3, -0.25) is 62.7 Å². The Kier molecular flexibility index (Phi) is 24.7. The van der Waals surface area contributed by atoms with E-state index < -0.39 is 118 Å². The van der Waals surface area contributed by atoms with E-state index in [4.69, 9.17) is 0 Å². The number of aliphatic hydroxyl groups is 1. The number of hydrogen-bond donors (Lipinski definition) is 9. The summed E-state index contributed by atoms with van der Waals surface area (Å²) in [5.41, 5.74) is -1.65. The zero-order valence-corrected chi connectivity index (χ0v) is 61.0. The van der Waals surface area contributed by atoms with E-state index in [0.29, 0.717) is 38.8 Å². The SMILES string of the molecule is CCCCC(NC(=O)[C@@H]1[C@@H]2[C@H](CN1C(=O)[C@@H](NC(=O)[C@@H](NC(=O)c1cnccn1)C1CCCCC1)C(C)(C)C)C2(C)C)C(=O)C(=O)NC1CC1.CCCCC(NC(=O)[C@@H]1[C@@H]2[C@H](CN1C(=O)[C@@H](NC(=O)[C@@H](NC(=O)c1cnccn1)C1CCCCC1)C(C)(C)C)C2(C)C)C(O)C(=O)NC1CC1. The predicted molar refractivity (Wildman–Crippen MR) is 371 cm³/mol. The maximum Gasteiger partial charge on any atom is 0.289 e. The highest BCUT2D eigenvalue weighted by Gasteiger charge is 2.71. The molecule has 10 amide bonds. The summed E-state index contributed by atoms with van der Waals surface area (Å²) in [4.78, 5) is 170. The third-order valence-corrected chi connectivity index (χ3v) is 22.7. The van der Waals surface area contributed by atoms with Gasteiger partial charge >= 0.3 is 0 Å². The molecular weight excluding hydrogens is 1280 g/mol. The lowest BCUT2D eigenvalue weighted by molar-refractivity contribution is -0.147.